The van der Waals surface area contributed by atoms with Crippen molar-refractivity contribution in [2.45, 2.75) is 32.8 Å². The maximum absolute atomic E-state index is 9.84. The minimum Gasteiger partial charge on any atom is -0.393 e. The van der Waals surface area contributed by atoms with Gasteiger partial charge in [-0.3, -0.25) is 0 Å². The van der Waals surface area contributed by atoms with Crippen molar-refractivity contribution in [3.63, 3.8) is 0 Å². The van der Waals surface area contributed by atoms with Crippen LogP contribution >= 0.6 is 11.8 Å². The number of hydrogen-bond donors (Lipinski definition) is 1. The van der Waals surface area contributed by atoms with Crippen LogP contribution in [0.3, 0.4) is 0 Å². The largest absolute Gasteiger partial charge is 0.393 e. The Balaban J connectivity index is 2.59. The lowest BCUT2D eigenvalue weighted by atomic mass is 9.99. The Morgan fingerprint density at radius 3 is 2.73 bits per heavy atom. The van der Waals surface area contributed by atoms with Crippen molar-refractivity contribution in [1.82, 2.24) is 0 Å². The van der Waals surface area contributed by atoms with E-state index in [0.717, 1.165) is 18.6 Å². The van der Waals surface area contributed by atoms with Gasteiger partial charge in [0.1, 0.15) is 0 Å². The summed E-state index contributed by atoms with van der Waals surface area (Å²) in [4.78, 5) is 0. The van der Waals surface area contributed by atoms with E-state index in [1.165, 1.54) is 16.7 Å². The summed E-state index contributed by atoms with van der Waals surface area (Å²) >= 11 is 1.79. The maximum atomic E-state index is 9.84. The Morgan fingerprint density at radius 1 is 1.33 bits per heavy atom. The summed E-state index contributed by atoms with van der Waals surface area (Å²) in [5, 5.41) is 9.84. The van der Waals surface area contributed by atoms with E-state index in [-0.39, 0.29) is 6.10 Å². The van der Waals surface area contributed by atoms with Crippen LogP contribution in [0.15, 0.2) is 18.2 Å². The van der Waals surface area contributed by atoms with Crippen LogP contribution in [0.2, 0.25) is 0 Å². The van der Waals surface area contributed by atoms with E-state index >= 15 is 0 Å². The van der Waals surface area contributed by atoms with Gasteiger partial charge in [0.15, 0.2) is 0 Å². The summed E-state index contributed by atoms with van der Waals surface area (Å²) in [6, 6.07) is 6.43. The van der Waals surface area contributed by atoms with E-state index in [0.29, 0.717) is 0 Å². The summed E-state index contributed by atoms with van der Waals surface area (Å²) in [7, 11) is 0. The zero-order chi connectivity index (χ0) is 11.3. The summed E-state index contributed by atoms with van der Waals surface area (Å²) in [6.45, 7) is 4.20. The van der Waals surface area contributed by atoms with Crippen LogP contribution in [-0.4, -0.2) is 23.2 Å². The van der Waals surface area contributed by atoms with Crippen molar-refractivity contribution >= 4 is 11.8 Å². The first-order valence-electron chi connectivity index (χ1n) is 5.36. The van der Waals surface area contributed by atoms with E-state index in [9.17, 15) is 5.11 Å². The number of aryl methyl sites for hydroxylation is 2. The average molecular weight is 224 g/mol. The van der Waals surface area contributed by atoms with Crippen molar-refractivity contribution in [3.05, 3.63) is 34.9 Å². The Kier molecular flexibility index (Phi) is 5.20. The second-order valence-electron chi connectivity index (χ2n) is 4.07. The summed E-state index contributed by atoms with van der Waals surface area (Å²) < 4.78 is 0. The normalized spacial score (nSPS) is 12.8. The Morgan fingerprint density at radius 2 is 2.07 bits per heavy atom. The smallest absolute Gasteiger partial charge is 0.0588 e. The molecule has 1 nitrogen and oxygen atoms in total. The lowest BCUT2D eigenvalue weighted by Gasteiger charge is -2.12. The second kappa shape index (κ2) is 6.19. The van der Waals surface area contributed by atoms with Crippen LogP contribution in [0, 0.1) is 13.8 Å². The Bertz CT molecular complexity index is 309. The molecule has 0 aliphatic rings. The van der Waals surface area contributed by atoms with E-state index in [1.807, 2.05) is 0 Å². The first-order chi connectivity index (χ1) is 7.13. The molecule has 2 heteroatoms. The van der Waals surface area contributed by atoms with E-state index in [1.54, 1.807) is 11.8 Å². The summed E-state index contributed by atoms with van der Waals surface area (Å²) in [5.74, 6) is 1.03. The van der Waals surface area contributed by atoms with Gasteiger partial charge in [0.05, 0.1) is 6.10 Å². The molecule has 15 heavy (non-hydrogen) atoms. The SMILES string of the molecule is CSCCC(O)Cc1cc(C)ccc1C. The molecule has 1 aromatic rings. The van der Waals surface area contributed by atoms with Crippen LogP contribution in [-0.2, 0) is 6.42 Å². The van der Waals surface area contributed by atoms with Crippen LogP contribution in [0.1, 0.15) is 23.1 Å². The quantitative estimate of drug-likeness (QED) is 0.830. The third kappa shape index (κ3) is 4.27. The van der Waals surface area contributed by atoms with Gasteiger partial charge >= 0.3 is 0 Å². The van der Waals surface area contributed by atoms with E-state index in [4.69, 9.17) is 0 Å². The molecule has 0 spiro atoms. The van der Waals surface area contributed by atoms with Crippen molar-refractivity contribution in [2.75, 3.05) is 12.0 Å². The van der Waals surface area contributed by atoms with Crippen LogP contribution in [0.5, 0.6) is 0 Å². The van der Waals surface area contributed by atoms with Crippen molar-refractivity contribution in [3.8, 4) is 0 Å². The molecule has 1 rings (SSSR count). The zero-order valence-electron chi connectivity index (χ0n) is 9.79. The van der Waals surface area contributed by atoms with Crippen LogP contribution in [0.4, 0.5) is 0 Å². The zero-order valence-corrected chi connectivity index (χ0v) is 10.6. The van der Waals surface area contributed by atoms with Gasteiger partial charge in [0, 0.05) is 0 Å². The first kappa shape index (κ1) is 12.6. The predicted molar refractivity (Wildman–Crippen MR) is 68.6 cm³/mol. The molecule has 0 saturated carbocycles. The molecule has 0 amide bonds. The topological polar surface area (TPSA) is 20.2 Å². The Hall–Kier alpha value is -0.470. The van der Waals surface area contributed by atoms with Gasteiger partial charge in [0.25, 0.3) is 0 Å². The molecule has 1 N–H and O–H groups in total. The fourth-order valence-electron chi connectivity index (χ4n) is 1.63. The van der Waals surface area contributed by atoms with E-state index in [2.05, 4.69) is 38.3 Å². The summed E-state index contributed by atoms with van der Waals surface area (Å²) in [6.07, 6.45) is 3.55. The average Bonchev–Trinajstić information content (AvgIpc) is 2.20. The molecule has 0 fully saturated rings. The fourth-order valence-corrected chi connectivity index (χ4v) is 2.14. The van der Waals surface area contributed by atoms with Gasteiger partial charge in [-0.25, -0.2) is 0 Å². The molecule has 1 unspecified atom stereocenters. The fraction of sp³-hybridized carbons (Fsp3) is 0.538. The van der Waals surface area contributed by atoms with Gasteiger partial charge in [-0.2, -0.15) is 11.8 Å². The van der Waals surface area contributed by atoms with Crippen LogP contribution < -0.4 is 0 Å². The van der Waals surface area contributed by atoms with Gasteiger partial charge in [0.2, 0.25) is 0 Å². The second-order valence-corrected chi connectivity index (χ2v) is 5.05. The molecule has 0 heterocycles. The number of benzene rings is 1. The highest BCUT2D eigenvalue weighted by molar-refractivity contribution is 7.98. The van der Waals surface area contributed by atoms with Gasteiger partial charge < -0.3 is 5.11 Å². The monoisotopic (exact) mass is 224 g/mol. The van der Waals surface area contributed by atoms with Gasteiger partial charge in [-0.1, -0.05) is 23.8 Å². The number of aliphatic hydroxyl groups excluding tert-OH is 1. The maximum Gasteiger partial charge on any atom is 0.0588 e. The molecule has 0 aliphatic carbocycles. The molecule has 0 aliphatic heterocycles. The lowest BCUT2D eigenvalue weighted by molar-refractivity contribution is 0.172. The molecule has 0 bridgehead atoms. The van der Waals surface area contributed by atoms with Crippen LogP contribution in [0.25, 0.3) is 0 Å². The van der Waals surface area contributed by atoms with Gasteiger partial charge in [-0.15, -0.1) is 0 Å². The molecular formula is C13H20OS. The standard InChI is InChI=1S/C13H20OS/c1-10-4-5-11(2)12(8-10)9-13(14)6-7-15-3/h4-5,8,13-14H,6-7,9H2,1-3H3. The minimum absolute atomic E-state index is 0.196. The van der Waals surface area contributed by atoms with Crippen molar-refractivity contribution in [1.29, 1.82) is 0 Å². The van der Waals surface area contributed by atoms with Crippen molar-refractivity contribution in [2.24, 2.45) is 0 Å². The third-order valence-corrected chi connectivity index (χ3v) is 3.26. The third-order valence-electron chi connectivity index (χ3n) is 2.62. The number of thioether (sulfide) groups is 1. The van der Waals surface area contributed by atoms with Crippen molar-refractivity contribution < 1.29 is 5.11 Å². The summed E-state index contributed by atoms with van der Waals surface area (Å²) in [5.41, 5.74) is 3.83. The minimum atomic E-state index is -0.196. The molecule has 0 saturated heterocycles. The molecule has 84 valence electrons. The lowest BCUT2D eigenvalue weighted by Crippen LogP contribution is -2.12. The molecule has 1 atom stereocenters. The highest BCUT2D eigenvalue weighted by atomic mass is 32.2. The molecule has 1 aromatic carbocycles. The van der Waals surface area contributed by atoms with Gasteiger partial charge in [-0.05, 0) is 49.8 Å². The highest BCUT2D eigenvalue weighted by Crippen LogP contribution is 2.14. The van der Waals surface area contributed by atoms with E-state index < -0.39 is 0 Å². The Labute approximate surface area is 96.9 Å². The number of rotatable bonds is 5. The molecule has 0 radical (unpaired) electrons. The number of aliphatic hydroxyl groups is 1. The molecule has 0 aromatic heterocycles. The molecular weight excluding hydrogens is 204 g/mol. The number of hydrogen-bond acceptors (Lipinski definition) is 2. The highest BCUT2D eigenvalue weighted by Gasteiger charge is 2.07. The first-order valence-corrected chi connectivity index (χ1v) is 6.76. The predicted octanol–water partition coefficient (Wildman–Crippen LogP) is 2.96.